The van der Waals surface area contributed by atoms with Gasteiger partial charge < -0.3 is 10.6 Å². The Hall–Kier alpha value is -0.920. The van der Waals surface area contributed by atoms with Crippen LogP contribution in [0.5, 0.6) is 0 Å². The molecule has 0 radical (unpaired) electrons. The quantitative estimate of drug-likeness (QED) is 0.763. The van der Waals surface area contributed by atoms with E-state index in [2.05, 4.69) is 25.4 Å². The summed E-state index contributed by atoms with van der Waals surface area (Å²) in [5.41, 5.74) is 0.793. The van der Waals surface area contributed by atoms with Gasteiger partial charge >= 0.3 is 0 Å². The molecule has 27 heavy (non-hydrogen) atoms. The van der Waals surface area contributed by atoms with E-state index >= 15 is 0 Å². The summed E-state index contributed by atoms with van der Waals surface area (Å²) in [4.78, 5) is 21.8. The zero-order valence-corrected chi connectivity index (χ0v) is 17.4. The van der Waals surface area contributed by atoms with Crippen molar-refractivity contribution in [2.24, 2.45) is 0 Å². The molecule has 2 saturated heterocycles. The van der Waals surface area contributed by atoms with Gasteiger partial charge in [0.05, 0.1) is 0 Å². The fraction of sp³-hybridized carbons (Fsp3) is 0.684. The molecule has 3 fully saturated rings. The minimum absolute atomic E-state index is 0. The maximum atomic E-state index is 12.5. The molecule has 1 aromatic heterocycles. The number of piperidine rings is 1. The van der Waals surface area contributed by atoms with Crippen LogP contribution in [0.15, 0.2) is 24.5 Å². The lowest BCUT2D eigenvalue weighted by Gasteiger charge is -2.50. The average molecular weight is 416 g/mol. The van der Waals surface area contributed by atoms with Gasteiger partial charge in [0.25, 0.3) is 5.91 Å². The number of pyridine rings is 1. The summed E-state index contributed by atoms with van der Waals surface area (Å²) < 4.78 is 0. The first kappa shape index (κ1) is 22.4. The van der Waals surface area contributed by atoms with Gasteiger partial charge in [0.15, 0.2) is 0 Å². The number of carbonyl (C=O) groups excluding carboxylic acids is 1. The largest absolute Gasteiger partial charge is 0.350 e. The smallest absolute Gasteiger partial charge is 0.251 e. The Kier molecular flexibility index (Phi) is 8.31. The minimum Gasteiger partial charge on any atom is -0.350 e. The molecule has 0 aromatic carbocycles. The Morgan fingerprint density at radius 1 is 1.11 bits per heavy atom. The van der Waals surface area contributed by atoms with Crippen molar-refractivity contribution in [2.45, 2.75) is 37.3 Å². The van der Waals surface area contributed by atoms with Crippen LogP contribution in [0, 0.1) is 0 Å². The summed E-state index contributed by atoms with van der Waals surface area (Å²) >= 11 is 0. The van der Waals surface area contributed by atoms with Crippen molar-refractivity contribution in [3.05, 3.63) is 30.1 Å². The normalized spacial score (nSPS) is 23.0. The highest BCUT2D eigenvalue weighted by molar-refractivity contribution is 5.94. The molecule has 1 aliphatic carbocycles. The Morgan fingerprint density at radius 3 is 2.33 bits per heavy atom. The molecule has 4 rings (SSSR count). The predicted molar refractivity (Wildman–Crippen MR) is 112 cm³/mol. The number of piperazine rings is 1. The van der Waals surface area contributed by atoms with Crippen LogP contribution in [0.25, 0.3) is 0 Å². The zero-order chi connectivity index (χ0) is 17.1. The number of hydrogen-bond acceptors (Lipinski definition) is 5. The van der Waals surface area contributed by atoms with E-state index in [0.29, 0.717) is 5.56 Å². The Balaban J connectivity index is 0.00000131. The molecule has 2 aliphatic heterocycles. The number of nitrogens with one attached hydrogen (secondary N) is 2. The van der Waals surface area contributed by atoms with Gasteiger partial charge in [-0.3, -0.25) is 19.6 Å². The van der Waals surface area contributed by atoms with Crippen LogP contribution < -0.4 is 10.6 Å². The molecule has 0 spiro atoms. The number of nitrogens with zero attached hydrogens (tertiary/aromatic N) is 3. The first-order valence-electron chi connectivity index (χ1n) is 9.65. The third-order valence-corrected chi connectivity index (χ3v) is 6.10. The highest BCUT2D eigenvalue weighted by atomic mass is 35.5. The fourth-order valence-corrected chi connectivity index (χ4v) is 4.35. The second-order valence-electron chi connectivity index (χ2n) is 7.65. The standard InChI is InChI=1S/C19H29N5O.2ClH/c25-18(16-3-7-20-8-4-16)22-15-19(5-9-21-10-6-19)24-13-11-23(12-14-24)17-1-2-17;;/h3-4,7-8,17,21H,1-2,5-6,9-15H2,(H,22,25);2*1H. The van der Waals surface area contributed by atoms with Crippen molar-refractivity contribution in [2.75, 3.05) is 45.8 Å². The van der Waals surface area contributed by atoms with E-state index in [-0.39, 0.29) is 36.3 Å². The van der Waals surface area contributed by atoms with Crippen LogP contribution in [0.2, 0.25) is 0 Å². The summed E-state index contributed by atoms with van der Waals surface area (Å²) in [6.45, 7) is 7.42. The number of carbonyl (C=O) groups is 1. The lowest BCUT2D eigenvalue weighted by molar-refractivity contribution is 0.0100. The molecular weight excluding hydrogens is 385 g/mol. The van der Waals surface area contributed by atoms with Crippen LogP contribution in [-0.4, -0.2) is 78.1 Å². The first-order valence-corrected chi connectivity index (χ1v) is 9.65. The summed E-state index contributed by atoms with van der Waals surface area (Å²) in [6.07, 6.45) is 8.33. The monoisotopic (exact) mass is 415 g/mol. The lowest BCUT2D eigenvalue weighted by atomic mass is 9.85. The summed E-state index contributed by atoms with van der Waals surface area (Å²) in [5.74, 6) is 0.0110. The molecule has 1 saturated carbocycles. The molecule has 1 amide bonds. The zero-order valence-electron chi connectivity index (χ0n) is 15.7. The molecular formula is C19H31Cl2N5O. The Bertz CT molecular complexity index is 585. The maximum absolute atomic E-state index is 12.5. The first-order chi connectivity index (χ1) is 12.3. The van der Waals surface area contributed by atoms with E-state index in [0.717, 1.165) is 51.6 Å². The van der Waals surface area contributed by atoms with Crippen molar-refractivity contribution >= 4 is 30.7 Å². The van der Waals surface area contributed by atoms with Gasteiger partial charge in [-0.15, -0.1) is 24.8 Å². The summed E-state index contributed by atoms with van der Waals surface area (Å²) in [7, 11) is 0. The van der Waals surface area contributed by atoms with Crippen molar-refractivity contribution < 1.29 is 4.79 Å². The van der Waals surface area contributed by atoms with Gasteiger partial charge in [-0.05, 0) is 50.9 Å². The van der Waals surface area contributed by atoms with Crippen molar-refractivity contribution in [1.29, 1.82) is 0 Å². The van der Waals surface area contributed by atoms with Gasteiger partial charge in [-0.2, -0.15) is 0 Å². The second kappa shape index (κ2) is 10.0. The fourth-order valence-electron chi connectivity index (χ4n) is 4.35. The number of amides is 1. The van der Waals surface area contributed by atoms with E-state index in [1.807, 2.05) is 0 Å². The SMILES string of the molecule is Cl.Cl.O=C(NCC1(N2CCN(C3CC3)CC2)CCNCC1)c1ccncc1. The highest BCUT2D eigenvalue weighted by Crippen LogP contribution is 2.31. The topological polar surface area (TPSA) is 60.5 Å². The lowest BCUT2D eigenvalue weighted by Crippen LogP contribution is -2.64. The van der Waals surface area contributed by atoms with Crippen molar-refractivity contribution in [3.63, 3.8) is 0 Å². The molecule has 6 nitrogen and oxygen atoms in total. The van der Waals surface area contributed by atoms with Crippen LogP contribution in [0.3, 0.4) is 0 Å². The van der Waals surface area contributed by atoms with E-state index in [9.17, 15) is 4.79 Å². The number of aromatic nitrogens is 1. The second-order valence-corrected chi connectivity index (χ2v) is 7.65. The van der Waals surface area contributed by atoms with Gasteiger partial charge in [0.2, 0.25) is 0 Å². The molecule has 0 bridgehead atoms. The predicted octanol–water partition coefficient (Wildman–Crippen LogP) is 1.56. The molecule has 2 N–H and O–H groups in total. The Morgan fingerprint density at radius 2 is 1.74 bits per heavy atom. The molecule has 1 aromatic rings. The van der Waals surface area contributed by atoms with E-state index in [1.54, 1.807) is 24.5 Å². The third-order valence-electron chi connectivity index (χ3n) is 6.10. The van der Waals surface area contributed by atoms with Crippen LogP contribution in [0.1, 0.15) is 36.0 Å². The van der Waals surface area contributed by atoms with Crippen molar-refractivity contribution in [3.8, 4) is 0 Å². The molecule has 8 heteroatoms. The van der Waals surface area contributed by atoms with Crippen LogP contribution >= 0.6 is 24.8 Å². The summed E-state index contributed by atoms with van der Waals surface area (Å²) in [5, 5.41) is 6.68. The van der Waals surface area contributed by atoms with Gasteiger partial charge in [-0.25, -0.2) is 0 Å². The van der Waals surface area contributed by atoms with E-state index < -0.39 is 0 Å². The van der Waals surface area contributed by atoms with E-state index in [1.165, 1.54) is 25.9 Å². The molecule has 0 unspecified atom stereocenters. The third kappa shape index (κ3) is 5.33. The average Bonchev–Trinajstić information content (AvgIpc) is 3.53. The van der Waals surface area contributed by atoms with Gasteiger partial charge in [-0.1, -0.05) is 0 Å². The van der Waals surface area contributed by atoms with Crippen LogP contribution in [-0.2, 0) is 0 Å². The van der Waals surface area contributed by atoms with Gasteiger partial charge in [0.1, 0.15) is 0 Å². The minimum atomic E-state index is 0. The number of halogens is 2. The molecule has 0 atom stereocenters. The summed E-state index contributed by atoms with van der Waals surface area (Å²) in [6, 6.07) is 4.41. The van der Waals surface area contributed by atoms with Gasteiger partial charge in [0, 0.05) is 62.3 Å². The molecule has 152 valence electrons. The number of hydrogen-bond donors (Lipinski definition) is 2. The molecule has 3 heterocycles. The Labute approximate surface area is 174 Å². The van der Waals surface area contributed by atoms with Crippen LogP contribution in [0.4, 0.5) is 0 Å². The number of rotatable bonds is 5. The highest BCUT2D eigenvalue weighted by Gasteiger charge is 2.41. The molecule has 3 aliphatic rings. The maximum Gasteiger partial charge on any atom is 0.251 e. The van der Waals surface area contributed by atoms with Crippen molar-refractivity contribution in [1.82, 2.24) is 25.4 Å². The van der Waals surface area contributed by atoms with E-state index in [4.69, 9.17) is 0 Å².